The van der Waals surface area contributed by atoms with Gasteiger partial charge in [0.25, 0.3) is 0 Å². The van der Waals surface area contributed by atoms with Crippen LogP contribution in [0, 0.1) is 0 Å². The highest BCUT2D eigenvalue weighted by molar-refractivity contribution is 5.73. The number of pyridine rings is 1. The molecule has 0 unspecified atom stereocenters. The van der Waals surface area contributed by atoms with E-state index in [0.29, 0.717) is 6.42 Å². The normalized spacial score (nSPS) is 10.3. The van der Waals surface area contributed by atoms with Gasteiger partial charge in [0, 0.05) is 18.6 Å². The summed E-state index contributed by atoms with van der Waals surface area (Å²) in [4.78, 5) is 10.6. The fourth-order valence-electron chi connectivity index (χ4n) is 3.16. The lowest BCUT2D eigenvalue weighted by atomic mass is 10.0. The smallest absolute Gasteiger partial charge is 0.217 e. The SMILES string of the molecule is CCCCCCCCCCCCCCCCCC(N)=O.C[n+]1ccccc1. The van der Waals surface area contributed by atoms with E-state index in [2.05, 4.69) is 6.92 Å². The second-order valence-electron chi connectivity index (χ2n) is 7.71. The summed E-state index contributed by atoms with van der Waals surface area (Å²) in [5.74, 6) is -0.153. The quantitative estimate of drug-likeness (QED) is 0.269. The molecule has 1 amide bonds. The van der Waals surface area contributed by atoms with Gasteiger partial charge in [-0.2, -0.15) is 0 Å². The minimum Gasteiger partial charge on any atom is -0.370 e. The van der Waals surface area contributed by atoms with Crippen LogP contribution >= 0.6 is 0 Å². The molecule has 1 aromatic heterocycles. The van der Waals surface area contributed by atoms with Crippen LogP contribution in [-0.2, 0) is 11.8 Å². The first-order valence-electron chi connectivity index (χ1n) is 11.4. The highest BCUT2D eigenvalue weighted by Crippen LogP contribution is 2.13. The number of hydrogen-bond donors (Lipinski definition) is 1. The Bertz CT molecular complexity index is 420. The van der Waals surface area contributed by atoms with Crippen LogP contribution in [0.2, 0.25) is 0 Å². The molecule has 0 spiro atoms. The molecule has 2 N–H and O–H groups in total. The van der Waals surface area contributed by atoms with E-state index in [0.717, 1.165) is 6.42 Å². The van der Waals surface area contributed by atoms with E-state index in [4.69, 9.17) is 5.73 Å². The van der Waals surface area contributed by atoms with Crippen LogP contribution in [0.1, 0.15) is 110 Å². The van der Waals surface area contributed by atoms with Gasteiger partial charge < -0.3 is 5.73 Å². The third-order valence-electron chi connectivity index (χ3n) is 4.89. The second kappa shape index (κ2) is 20.9. The van der Waals surface area contributed by atoms with Crippen molar-refractivity contribution in [1.82, 2.24) is 0 Å². The van der Waals surface area contributed by atoms with E-state index < -0.39 is 0 Å². The molecule has 27 heavy (non-hydrogen) atoms. The topological polar surface area (TPSA) is 47.0 Å². The number of carbonyl (C=O) groups is 1. The van der Waals surface area contributed by atoms with Gasteiger partial charge in [0.1, 0.15) is 7.05 Å². The number of aromatic nitrogens is 1. The molecule has 3 nitrogen and oxygen atoms in total. The van der Waals surface area contributed by atoms with E-state index >= 15 is 0 Å². The molecule has 3 heteroatoms. The van der Waals surface area contributed by atoms with Crippen LogP contribution < -0.4 is 10.3 Å². The van der Waals surface area contributed by atoms with Crippen LogP contribution in [-0.4, -0.2) is 5.91 Å². The monoisotopic (exact) mass is 377 g/mol. The van der Waals surface area contributed by atoms with E-state index in [1.54, 1.807) is 0 Å². The first-order valence-corrected chi connectivity index (χ1v) is 11.4. The predicted molar refractivity (Wildman–Crippen MR) is 116 cm³/mol. The molecule has 1 aromatic rings. The standard InChI is InChI=1S/C18H37NO.C6H8N/c1-2-3-4-5-6-7-8-9-10-11-12-13-14-15-16-17-18(19)20;1-7-5-3-2-4-6-7/h2-17H2,1H3,(H2,19,20);2-6H,1H3/q;+1. The van der Waals surface area contributed by atoms with Crippen molar-refractivity contribution in [2.45, 2.75) is 110 Å². The fourth-order valence-corrected chi connectivity index (χ4v) is 3.16. The Labute approximate surface area is 168 Å². The largest absolute Gasteiger partial charge is 0.370 e. The van der Waals surface area contributed by atoms with Gasteiger partial charge >= 0.3 is 0 Å². The maximum Gasteiger partial charge on any atom is 0.217 e. The molecule has 0 saturated heterocycles. The molecule has 0 aliphatic rings. The third kappa shape index (κ3) is 22.6. The van der Waals surface area contributed by atoms with Crippen molar-refractivity contribution in [3.8, 4) is 0 Å². The summed E-state index contributed by atoms with van der Waals surface area (Å²) in [6.45, 7) is 2.28. The fraction of sp³-hybridized carbons (Fsp3) is 0.750. The Morgan fingerprint density at radius 3 is 1.33 bits per heavy atom. The number of primary amides is 1. The van der Waals surface area contributed by atoms with Gasteiger partial charge in [-0.1, -0.05) is 103 Å². The Morgan fingerprint density at radius 1 is 0.667 bits per heavy atom. The van der Waals surface area contributed by atoms with Crippen LogP contribution in [0.5, 0.6) is 0 Å². The zero-order valence-corrected chi connectivity index (χ0v) is 18.1. The van der Waals surface area contributed by atoms with E-state index in [1.807, 2.05) is 42.2 Å². The first-order chi connectivity index (χ1) is 13.2. The Balaban J connectivity index is 0.000000797. The average Bonchev–Trinajstić information content (AvgIpc) is 2.66. The van der Waals surface area contributed by atoms with Crippen LogP contribution in [0.15, 0.2) is 30.6 Å². The highest BCUT2D eigenvalue weighted by atomic mass is 16.1. The van der Waals surface area contributed by atoms with Gasteiger partial charge in [0.05, 0.1) is 0 Å². The van der Waals surface area contributed by atoms with E-state index in [1.165, 1.54) is 89.9 Å². The molecule has 0 bridgehead atoms. The van der Waals surface area contributed by atoms with Gasteiger partial charge in [-0.3, -0.25) is 4.79 Å². The minimum atomic E-state index is -0.153. The molecule has 0 atom stereocenters. The van der Waals surface area contributed by atoms with Crippen LogP contribution in [0.3, 0.4) is 0 Å². The Hall–Kier alpha value is -1.38. The highest BCUT2D eigenvalue weighted by Gasteiger charge is 1.96. The van der Waals surface area contributed by atoms with Crippen LogP contribution in [0.25, 0.3) is 0 Å². The summed E-state index contributed by atoms with van der Waals surface area (Å²) in [5, 5.41) is 0. The minimum absolute atomic E-state index is 0.153. The van der Waals surface area contributed by atoms with Gasteiger partial charge in [-0.25, -0.2) is 4.57 Å². The van der Waals surface area contributed by atoms with Gasteiger partial charge in [0.2, 0.25) is 5.91 Å². The summed E-state index contributed by atoms with van der Waals surface area (Å²) in [7, 11) is 2.00. The summed E-state index contributed by atoms with van der Waals surface area (Å²) >= 11 is 0. The van der Waals surface area contributed by atoms with E-state index in [-0.39, 0.29) is 5.91 Å². The molecule has 0 aliphatic carbocycles. The van der Waals surface area contributed by atoms with E-state index in [9.17, 15) is 4.79 Å². The molecular weight excluding hydrogens is 332 g/mol. The number of unbranched alkanes of at least 4 members (excludes halogenated alkanes) is 14. The van der Waals surface area contributed by atoms with Crippen molar-refractivity contribution in [1.29, 1.82) is 0 Å². The molecule has 1 heterocycles. The maximum atomic E-state index is 10.6. The molecule has 0 aliphatic heterocycles. The van der Waals surface area contributed by atoms with Crippen molar-refractivity contribution < 1.29 is 9.36 Å². The van der Waals surface area contributed by atoms with Crippen LogP contribution in [0.4, 0.5) is 0 Å². The average molecular weight is 378 g/mol. The predicted octanol–water partition coefficient (Wildman–Crippen LogP) is 6.24. The number of hydrogen-bond acceptors (Lipinski definition) is 1. The number of carbonyl (C=O) groups excluding carboxylic acids is 1. The van der Waals surface area contributed by atoms with Gasteiger partial charge in [0.15, 0.2) is 12.4 Å². The lowest BCUT2D eigenvalue weighted by Crippen LogP contribution is -2.25. The summed E-state index contributed by atoms with van der Waals surface area (Å²) in [5.41, 5.74) is 5.11. The molecule has 156 valence electrons. The Morgan fingerprint density at radius 2 is 1.04 bits per heavy atom. The van der Waals surface area contributed by atoms with Crippen molar-refractivity contribution in [2.75, 3.05) is 0 Å². The molecule has 0 radical (unpaired) electrons. The summed E-state index contributed by atoms with van der Waals surface area (Å²) in [6.07, 6.45) is 24.9. The van der Waals surface area contributed by atoms with Crippen molar-refractivity contribution in [2.24, 2.45) is 12.8 Å². The number of nitrogens with zero attached hydrogens (tertiary/aromatic N) is 1. The molecule has 1 rings (SSSR count). The second-order valence-corrected chi connectivity index (χ2v) is 7.71. The maximum absolute atomic E-state index is 10.6. The zero-order valence-electron chi connectivity index (χ0n) is 18.1. The summed E-state index contributed by atoms with van der Waals surface area (Å²) < 4.78 is 2.00. The lowest BCUT2D eigenvalue weighted by molar-refractivity contribution is -0.671. The van der Waals surface area contributed by atoms with Gasteiger partial charge in [-0.05, 0) is 6.42 Å². The third-order valence-corrected chi connectivity index (χ3v) is 4.89. The zero-order chi connectivity index (χ0) is 20.0. The number of aryl methyl sites for hydroxylation is 1. The lowest BCUT2D eigenvalue weighted by Gasteiger charge is -2.03. The molecule has 0 saturated carbocycles. The first kappa shape index (κ1) is 25.6. The number of rotatable bonds is 16. The number of nitrogens with two attached hydrogens (primary N) is 1. The van der Waals surface area contributed by atoms with Crippen molar-refractivity contribution >= 4 is 5.91 Å². The van der Waals surface area contributed by atoms with Gasteiger partial charge in [-0.15, -0.1) is 0 Å². The Kier molecular flexibility index (Phi) is 19.9. The van der Waals surface area contributed by atoms with Crippen molar-refractivity contribution in [3.05, 3.63) is 30.6 Å². The molecule has 0 fully saturated rings. The summed E-state index contributed by atoms with van der Waals surface area (Å²) in [6, 6.07) is 6.00. The molecular formula is C24H45N2O+. The molecule has 0 aromatic carbocycles. The number of amides is 1. The van der Waals surface area contributed by atoms with Crippen molar-refractivity contribution in [3.63, 3.8) is 0 Å².